The molecule has 0 spiro atoms. The van der Waals surface area contributed by atoms with E-state index in [4.69, 9.17) is 9.98 Å². The van der Waals surface area contributed by atoms with Crippen LogP contribution < -0.4 is 5.32 Å². The van der Waals surface area contributed by atoms with Crippen LogP contribution in [0.3, 0.4) is 0 Å². The first-order valence-corrected chi connectivity index (χ1v) is 12.1. The Kier molecular flexibility index (Phi) is 3.83. The Morgan fingerprint density at radius 3 is 2.00 bits per heavy atom. The minimum Gasteiger partial charge on any atom is -0.350 e. The molecule has 172 valence electrons. The van der Waals surface area contributed by atoms with Crippen molar-refractivity contribution in [2.75, 3.05) is 12.0 Å². The van der Waals surface area contributed by atoms with Crippen molar-refractivity contribution in [3.05, 3.63) is 103 Å². The molecule has 36 heavy (non-hydrogen) atoms. The second-order valence-electron chi connectivity index (χ2n) is 9.27. The normalized spacial score (nSPS) is 13.4. The summed E-state index contributed by atoms with van der Waals surface area (Å²) in [5.74, 6) is 1.86. The van der Waals surface area contributed by atoms with Gasteiger partial charge in [-0.3, -0.25) is 4.57 Å². The van der Waals surface area contributed by atoms with Crippen molar-refractivity contribution in [3.8, 4) is 5.69 Å². The Labute approximate surface area is 206 Å². The largest absolute Gasteiger partial charge is 0.350 e. The van der Waals surface area contributed by atoms with Crippen molar-refractivity contribution in [1.82, 2.24) is 18.7 Å². The average molecular weight is 467 g/mol. The molecule has 0 unspecified atom stereocenters. The number of fused-ring (bicyclic) bond motifs is 8. The van der Waals surface area contributed by atoms with Gasteiger partial charge in [0, 0.05) is 34.3 Å². The van der Waals surface area contributed by atoms with Gasteiger partial charge in [-0.1, -0.05) is 66.7 Å². The van der Waals surface area contributed by atoms with E-state index in [1.54, 1.807) is 0 Å². The van der Waals surface area contributed by atoms with Gasteiger partial charge in [0.05, 0.1) is 28.4 Å². The van der Waals surface area contributed by atoms with E-state index in [-0.39, 0.29) is 0 Å². The number of aliphatic imine (C=N–C) groups is 1. The summed E-state index contributed by atoms with van der Waals surface area (Å²) in [6.07, 6.45) is 1.85. The zero-order valence-corrected chi connectivity index (χ0v) is 19.7. The van der Waals surface area contributed by atoms with Gasteiger partial charge < -0.3 is 14.5 Å². The highest BCUT2D eigenvalue weighted by Gasteiger charge is 2.26. The summed E-state index contributed by atoms with van der Waals surface area (Å²) < 4.78 is 6.73. The number of imidazole rings is 1. The summed E-state index contributed by atoms with van der Waals surface area (Å²) in [6, 6.07) is 32.4. The number of nitrogens with zero attached hydrogens (tertiary/aromatic N) is 5. The zero-order valence-electron chi connectivity index (χ0n) is 19.7. The third-order valence-electron chi connectivity index (χ3n) is 7.32. The monoisotopic (exact) mass is 466 g/mol. The van der Waals surface area contributed by atoms with Gasteiger partial charge in [0.15, 0.2) is 5.84 Å². The first-order chi connectivity index (χ1) is 17.8. The van der Waals surface area contributed by atoms with E-state index in [9.17, 15) is 0 Å². The summed E-state index contributed by atoms with van der Waals surface area (Å²) >= 11 is 0. The van der Waals surface area contributed by atoms with Gasteiger partial charge in [-0.15, -0.1) is 0 Å². The zero-order chi connectivity index (χ0) is 23.8. The molecule has 0 bridgehead atoms. The maximum Gasteiger partial charge on any atom is 0.164 e. The van der Waals surface area contributed by atoms with Gasteiger partial charge >= 0.3 is 0 Å². The first-order valence-electron chi connectivity index (χ1n) is 12.1. The van der Waals surface area contributed by atoms with Crippen LogP contribution in [0.2, 0.25) is 0 Å². The van der Waals surface area contributed by atoms with Crippen LogP contribution in [0.25, 0.3) is 49.3 Å². The highest BCUT2D eigenvalue weighted by molar-refractivity contribution is 6.27. The fraction of sp³-hybridized carbons (Fsp3) is 0.0667. The predicted octanol–water partition coefficient (Wildman–Crippen LogP) is 6.30. The number of nitrogens with one attached hydrogen (secondary N) is 1. The molecule has 0 radical (unpaired) electrons. The van der Waals surface area contributed by atoms with E-state index < -0.39 is 0 Å². The second kappa shape index (κ2) is 7.09. The maximum absolute atomic E-state index is 4.97. The van der Waals surface area contributed by atoms with Gasteiger partial charge in [0.1, 0.15) is 18.2 Å². The van der Waals surface area contributed by atoms with E-state index in [0.717, 1.165) is 34.1 Å². The minimum atomic E-state index is 0.507. The van der Waals surface area contributed by atoms with Gasteiger partial charge in [-0.05, 0) is 24.3 Å². The van der Waals surface area contributed by atoms with Crippen molar-refractivity contribution < 1.29 is 0 Å². The molecule has 1 aliphatic rings. The molecule has 6 nitrogen and oxygen atoms in total. The molecule has 0 atom stereocenters. The van der Waals surface area contributed by atoms with Crippen LogP contribution in [-0.2, 0) is 7.05 Å². The standard InChI is InChI=1S/C30H22N6/c1-34-18-33-26-29(34)31-17-32-30(26)36-25-14-8-6-12-21(25)23-16-15-22-20-11-5-7-13-24(20)35(27(22)28(23)36)19-9-3-2-4-10-19/h2-16,18,31H,17H2,1H3. The van der Waals surface area contributed by atoms with Crippen LogP contribution in [0.5, 0.6) is 0 Å². The number of hydrogen-bond donors (Lipinski definition) is 1. The predicted molar refractivity (Wildman–Crippen MR) is 147 cm³/mol. The van der Waals surface area contributed by atoms with Gasteiger partial charge in [-0.25, -0.2) is 9.98 Å². The molecular formula is C30H22N6. The van der Waals surface area contributed by atoms with Gasteiger partial charge in [0.25, 0.3) is 0 Å². The second-order valence-corrected chi connectivity index (χ2v) is 9.27. The SMILES string of the molecule is Cn1cnc2c1NCN=C2n1c2ccccc2c2ccc3c4ccccc4n(-c4ccccc4)c3c21. The molecule has 0 saturated carbocycles. The molecule has 4 heterocycles. The molecular weight excluding hydrogens is 444 g/mol. The van der Waals surface area contributed by atoms with E-state index in [1.807, 2.05) is 17.9 Å². The molecule has 1 aliphatic heterocycles. The van der Waals surface area contributed by atoms with E-state index >= 15 is 0 Å². The lowest BCUT2D eigenvalue weighted by atomic mass is 10.1. The van der Waals surface area contributed by atoms with Crippen LogP contribution in [0, 0.1) is 0 Å². The van der Waals surface area contributed by atoms with Crippen molar-refractivity contribution in [1.29, 1.82) is 0 Å². The Hall–Kier alpha value is -4.84. The molecule has 7 aromatic rings. The number of anilines is 1. The lowest BCUT2D eigenvalue weighted by Crippen LogP contribution is -2.23. The van der Waals surface area contributed by atoms with Crippen molar-refractivity contribution in [2.24, 2.45) is 12.0 Å². The summed E-state index contributed by atoms with van der Waals surface area (Å²) in [5, 5.41) is 8.26. The fourth-order valence-electron chi connectivity index (χ4n) is 5.81. The molecule has 0 fully saturated rings. The molecule has 3 aromatic heterocycles. The third kappa shape index (κ3) is 2.45. The molecule has 4 aromatic carbocycles. The van der Waals surface area contributed by atoms with Crippen LogP contribution in [0.4, 0.5) is 5.82 Å². The van der Waals surface area contributed by atoms with Crippen molar-refractivity contribution >= 4 is 55.3 Å². The third-order valence-corrected chi connectivity index (χ3v) is 7.32. The number of aromatic nitrogens is 4. The summed E-state index contributed by atoms with van der Waals surface area (Å²) in [4.78, 5) is 9.73. The van der Waals surface area contributed by atoms with Crippen LogP contribution in [-0.4, -0.2) is 31.2 Å². The smallest absolute Gasteiger partial charge is 0.164 e. The van der Waals surface area contributed by atoms with Crippen molar-refractivity contribution in [2.45, 2.75) is 0 Å². The minimum absolute atomic E-state index is 0.507. The first kappa shape index (κ1) is 19.5. The summed E-state index contributed by atoms with van der Waals surface area (Å²) in [6.45, 7) is 0.507. The number of hydrogen-bond acceptors (Lipinski definition) is 3. The quantitative estimate of drug-likeness (QED) is 0.309. The molecule has 8 rings (SSSR count). The van der Waals surface area contributed by atoms with Crippen LogP contribution >= 0.6 is 0 Å². The molecule has 1 N–H and O–H groups in total. The molecule has 0 amide bonds. The Morgan fingerprint density at radius 2 is 1.28 bits per heavy atom. The summed E-state index contributed by atoms with van der Waals surface area (Å²) in [5.41, 5.74) is 6.64. The lowest BCUT2D eigenvalue weighted by Gasteiger charge is -2.18. The number of benzene rings is 4. The Morgan fingerprint density at radius 1 is 0.667 bits per heavy atom. The fourth-order valence-corrected chi connectivity index (χ4v) is 5.81. The Balaban J connectivity index is 1.63. The maximum atomic E-state index is 4.97. The highest BCUT2D eigenvalue weighted by atomic mass is 15.2. The van der Waals surface area contributed by atoms with E-state index in [1.165, 1.54) is 32.6 Å². The van der Waals surface area contributed by atoms with E-state index in [2.05, 4.69) is 105 Å². The van der Waals surface area contributed by atoms with E-state index in [0.29, 0.717) is 6.67 Å². The number of para-hydroxylation sites is 3. The molecule has 0 aliphatic carbocycles. The average Bonchev–Trinajstić information content (AvgIpc) is 3.59. The van der Waals surface area contributed by atoms with Crippen LogP contribution in [0.15, 0.2) is 102 Å². The topological polar surface area (TPSA) is 52.1 Å². The molecule has 0 saturated heterocycles. The van der Waals surface area contributed by atoms with Crippen LogP contribution in [0.1, 0.15) is 5.69 Å². The Bertz CT molecular complexity index is 2000. The lowest BCUT2D eigenvalue weighted by molar-refractivity contribution is 0.901. The van der Waals surface area contributed by atoms with Gasteiger partial charge in [0.2, 0.25) is 0 Å². The molecule has 6 heteroatoms. The number of aryl methyl sites for hydroxylation is 1. The van der Waals surface area contributed by atoms with Gasteiger partial charge in [-0.2, -0.15) is 0 Å². The summed E-state index contributed by atoms with van der Waals surface area (Å²) in [7, 11) is 2.01. The number of rotatable bonds is 1. The highest BCUT2D eigenvalue weighted by Crippen LogP contribution is 2.41. The van der Waals surface area contributed by atoms with Crippen molar-refractivity contribution in [3.63, 3.8) is 0 Å².